The SMILES string of the molecule is [2H]C1c2ccc3c4c2c2c1ccc1c2c2c(c(C=O)cc(c42)C3[2H])C1[2H]. The quantitative estimate of drug-likeness (QED) is 0.368. The van der Waals surface area contributed by atoms with Crippen molar-refractivity contribution in [1.82, 2.24) is 0 Å². The molecule has 4 aromatic rings. The second-order valence-corrected chi connectivity index (χ2v) is 6.76. The van der Waals surface area contributed by atoms with E-state index in [0.29, 0.717) is 5.56 Å². The van der Waals surface area contributed by atoms with Crippen molar-refractivity contribution in [3.05, 3.63) is 69.3 Å². The molecule has 0 spiro atoms. The smallest absolute Gasteiger partial charge is 0.150 e. The molecule has 23 heavy (non-hydrogen) atoms. The first-order valence-corrected chi connectivity index (χ1v) is 7.91. The number of carbonyl (C=O) groups is 1. The minimum atomic E-state index is -0.577. The largest absolute Gasteiger partial charge is 0.298 e. The van der Waals surface area contributed by atoms with E-state index in [1.807, 2.05) is 30.3 Å². The second kappa shape index (κ2) is 3.16. The zero-order chi connectivity index (χ0) is 17.5. The second-order valence-electron chi connectivity index (χ2n) is 6.76. The predicted molar refractivity (Wildman–Crippen MR) is 92.8 cm³/mol. The molecule has 0 bridgehead atoms. The molecule has 0 amide bonds. The van der Waals surface area contributed by atoms with Crippen molar-refractivity contribution < 1.29 is 8.91 Å². The zero-order valence-electron chi connectivity index (χ0n) is 15.1. The normalized spacial score (nSPS) is 27.0. The summed E-state index contributed by atoms with van der Waals surface area (Å²) in [7, 11) is 0. The van der Waals surface area contributed by atoms with Gasteiger partial charge in [-0.2, -0.15) is 0 Å². The van der Waals surface area contributed by atoms with Crippen LogP contribution in [0.15, 0.2) is 30.3 Å². The Morgan fingerprint density at radius 2 is 1.17 bits per heavy atom. The van der Waals surface area contributed by atoms with Gasteiger partial charge in [0.1, 0.15) is 6.29 Å². The van der Waals surface area contributed by atoms with Crippen molar-refractivity contribution in [1.29, 1.82) is 0 Å². The summed E-state index contributed by atoms with van der Waals surface area (Å²) in [5.74, 6) is 0. The fourth-order valence-electron chi connectivity index (χ4n) is 4.96. The zero-order valence-corrected chi connectivity index (χ0v) is 12.1. The molecule has 0 radical (unpaired) electrons. The third-order valence-corrected chi connectivity index (χ3v) is 5.77. The predicted octanol–water partition coefficient (Wildman–Crippen LogP) is 4.67. The van der Waals surface area contributed by atoms with Crippen LogP contribution in [0, 0.1) is 0 Å². The molecule has 3 aliphatic rings. The number of aldehydes is 1. The molecular formula is C22H12O. The summed E-state index contributed by atoms with van der Waals surface area (Å²) in [5, 5.41) is 6.37. The molecule has 0 N–H and O–H groups in total. The van der Waals surface area contributed by atoms with Crippen molar-refractivity contribution in [2.24, 2.45) is 0 Å². The standard InChI is InChI=1S/C22H12O/c23-9-15-7-14-6-12-2-1-10-5-11-3-4-13-8-16(15)22-20(13)18(11)17(10)19(12)21(14)22/h1-4,7,9H,5-6,8H2/i5D,6D,8D. The van der Waals surface area contributed by atoms with E-state index in [0.717, 1.165) is 72.0 Å². The van der Waals surface area contributed by atoms with Gasteiger partial charge < -0.3 is 0 Å². The molecule has 4 aromatic carbocycles. The summed E-state index contributed by atoms with van der Waals surface area (Å²) in [6.45, 7) is 0. The van der Waals surface area contributed by atoms with E-state index in [4.69, 9.17) is 4.11 Å². The highest BCUT2D eigenvalue weighted by molar-refractivity contribution is 6.33. The van der Waals surface area contributed by atoms with Crippen molar-refractivity contribution in [2.75, 3.05) is 0 Å². The third kappa shape index (κ3) is 0.971. The van der Waals surface area contributed by atoms with Crippen LogP contribution in [0.3, 0.4) is 0 Å². The summed E-state index contributed by atoms with van der Waals surface area (Å²) in [5.41, 5.74) is 6.09. The Kier molecular flexibility index (Phi) is 1.21. The maximum atomic E-state index is 11.8. The lowest BCUT2D eigenvalue weighted by Gasteiger charge is -2.09. The van der Waals surface area contributed by atoms with Gasteiger partial charge in [-0.15, -0.1) is 0 Å². The Labute approximate surface area is 136 Å². The molecule has 0 fully saturated rings. The Bertz CT molecular complexity index is 1370. The van der Waals surface area contributed by atoms with Crippen LogP contribution in [0.4, 0.5) is 0 Å². The fraction of sp³-hybridized carbons (Fsp3) is 0.136. The maximum Gasteiger partial charge on any atom is 0.150 e. The van der Waals surface area contributed by atoms with Crippen molar-refractivity contribution in [2.45, 2.75) is 19.2 Å². The van der Waals surface area contributed by atoms with Gasteiger partial charge in [0.15, 0.2) is 0 Å². The number of hydrogen-bond acceptors (Lipinski definition) is 1. The first-order chi connectivity index (χ1) is 12.6. The van der Waals surface area contributed by atoms with Gasteiger partial charge in [-0.25, -0.2) is 0 Å². The van der Waals surface area contributed by atoms with Crippen LogP contribution in [0.5, 0.6) is 0 Å². The highest BCUT2D eigenvalue weighted by Gasteiger charge is 2.32. The molecule has 0 saturated heterocycles. The number of benzene rings is 4. The van der Waals surface area contributed by atoms with E-state index in [-0.39, 0.29) is 0 Å². The van der Waals surface area contributed by atoms with Crippen LogP contribution in [0.2, 0.25) is 0 Å². The molecule has 0 aliphatic heterocycles. The van der Waals surface area contributed by atoms with Crippen LogP contribution < -0.4 is 0 Å². The van der Waals surface area contributed by atoms with Crippen LogP contribution in [0.25, 0.3) is 32.3 Å². The lowest BCUT2D eigenvalue weighted by atomic mass is 9.93. The van der Waals surface area contributed by atoms with E-state index in [2.05, 4.69) is 0 Å². The highest BCUT2D eigenvalue weighted by atomic mass is 16.1. The third-order valence-electron chi connectivity index (χ3n) is 5.77. The highest BCUT2D eigenvalue weighted by Crippen LogP contribution is 2.53. The Hall–Kier alpha value is -2.67. The molecule has 1 nitrogen and oxygen atoms in total. The molecule has 0 heterocycles. The molecule has 7 rings (SSSR count). The molecule has 0 saturated carbocycles. The van der Waals surface area contributed by atoms with Crippen LogP contribution >= 0.6 is 0 Å². The van der Waals surface area contributed by atoms with Gasteiger partial charge in [0, 0.05) is 9.68 Å². The average Bonchev–Trinajstić information content (AvgIpc) is 3.23. The van der Waals surface area contributed by atoms with Crippen LogP contribution in [-0.2, 0) is 19.2 Å². The number of rotatable bonds is 1. The molecule has 0 aromatic heterocycles. The van der Waals surface area contributed by atoms with Crippen LogP contribution in [0.1, 0.15) is 47.9 Å². The minimum absolute atomic E-state index is 0.420. The summed E-state index contributed by atoms with van der Waals surface area (Å²) < 4.78 is 26.3. The van der Waals surface area contributed by atoms with Crippen molar-refractivity contribution in [3.63, 3.8) is 0 Å². The maximum absolute atomic E-state index is 11.8. The van der Waals surface area contributed by atoms with Crippen LogP contribution in [-0.4, -0.2) is 6.29 Å². The summed E-state index contributed by atoms with van der Waals surface area (Å²) in [6, 6.07) is 9.79. The Morgan fingerprint density at radius 3 is 1.78 bits per heavy atom. The van der Waals surface area contributed by atoms with E-state index >= 15 is 0 Å². The molecule has 3 atom stereocenters. The van der Waals surface area contributed by atoms with Crippen molar-refractivity contribution in [3.8, 4) is 0 Å². The van der Waals surface area contributed by atoms with Crippen molar-refractivity contribution >= 4 is 38.6 Å². The molecular weight excluding hydrogens is 280 g/mol. The van der Waals surface area contributed by atoms with Gasteiger partial charge in [0.2, 0.25) is 0 Å². The first-order valence-electron chi connectivity index (χ1n) is 9.64. The van der Waals surface area contributed by atoms with Gasteiger partial charge >= 0.3 is 0 Å². The number of hydrogen-bond donors (Lipinski definition) is 0. The monoisotopic (exact) mass is 295 g/mol. The fourth-order valence-corrected chi connectivity index (χ4v) is 4.96. The van der Waals surface area contributed by atoms with E-state index < -0.39 is 19.2 Å². The lowest BCUT2D eigenvalue weighted by Crippen LogP contribution is -1.93. The summed E-state index contributed by atoms with van der Waals surface area (Å²) >= 11 is 0. The van der Waals surface area contributed by atoms with Gasteiger partial charge in [0.05, 0.1) is 0 Å². The molecule has 3 unspecified atom stereocenters. The number of carbonyl (C=O) groups excluding carboxylic acids is 1. The Morgan fingerprint density at radius 1 is 0.696 bits per heavy atom. The topological polar surface area (TPSA) is 17.1 Å². The molecule has 1 heteroatoms. The van der Waals surface area contributed by atoms with E-state index in [1.54, 1.807) is 0 Å². The molecule has 3 aliphatic carbocycles. The van der Waals surface area contributed by atoms with Gasteiger partial charge in [-0.1, -0.05) is 24.3 Å². The lowest BCUT2D eigenvalue weighted by molar-refractivity contribution is 0.112. The molecule has 106 valence electrons. The average molecular weight is 295 g/mol. The summed E-state index contributed by atoms with van der Waals surface area (Å²) in [6.07, 6.45) is -0.669. The summed E-state index contributed by atoms with van der Waals surface area (Å²) in [4.78, 5) is 11.8. The first kappa shape index (κ1) is 8.83. The van der Waals surface area contributed by atoms with E-state index in [9.17, 15) is 4.79 Å². The minimum Gasteiger partial charge on any atom is -0.298 e. The van der Waals surface area contributed by atoms with Gasteiger partial charge in [-0.05, 0) is 91.0 Å². The van der Waals surface area contributed by atoms with Gasteiger partial charge in [-0.3, -0.25) is 4.79 Å². The van der Waals surface area contributed by atoms with Gasteiger partial charge in [0.25, 0.3) is 0 Å². The Balaban J connectivity index is 1.95. The van der Waals surface area contributed by atoms with E-state index in [1.165, 1.54) is 0 Å².